The van der Waals surface area contributed by atoms with Gasteiger partial charge in [-0.2, -0.15) is 0 Å². The van der Waals surface area contributed by atoms with Gasteiger partial charge in [0.05, 0.1) is 18.8 Å². The molecule has 6 nitrogen and oxygen atoms in total. The molecule has 162 valence electrons. The first kappa shape index (κ1) is 23.9. The number of ether oxygens (including phenoxy) is 2. The number of unbranched alkanes of at least 4 members (excludes halogenated alkanes) is 3. The Balaban J connectivity index is 1.99. The molecule has 0 radical (unpaired) electrons. The van der Waals surface area contributed by atoms with Crippen LogP contribution < -0.4 is 15.4 Å². The molecule has 0 saturated carbocycles. The van der Waals surface area contributed by atoms with Crippen molar-refractivity contribution in [1.29, 1.82) is 0 Å². The SMILES string of the molecule is CCCCCCOc1ccc(Br)cc1C(=O)Nc1ccc(C(=O)NCCOC)cc1. The zero-order chi connectivity index (χ0) is 21.8. The van der Waals surface area contributed by atoms with E-state index < -0.39 is 0 Å². The molecule has 0 bridgehead atoms. The lowest BCUT2D eigenvalue weighted by molar-refractivity contribution is 0.0936. The molecule has 2 rings (SSSR count). The third kappa shape index (κ3) is 7.80. The van der Waals surface area contributed by atoms with E-state index in [1.54, 1.807) is 43.5 Å². The zero-order valence-corrected chi connectivity index (χ0v) is 19.1. The Hall–Kier alpha value is -2.38. The number of rotatable bonds is 12. The largest absolute Gasteiger partial charge is 0.493 e. The van der Waals surface area contributed by atoms with E-state index in [0.717, 1.165) is 17.3 Å². The van der Waals surface area contributed by atoms with Gasteiger partial charge in [0.15, 0.2) is 0 Å². The zero-order valence-electron chi connectivity index (χ0n) is 17.5. The van der Waals surface area contributed by atoms with E-state index in [2.05, 4.69) is 33.5 Å². The van der Waals surface area contributed by atoms with Gasteiger partial charge in [-0.1, -0.05) is 42.1 Å². The second-order valence-corrected chi connectivity index (χ2v) is 7.75. The van der Waals surface area contributed by atoms with Crippen molar-refractivity contribution in [3.05, 3.63) is 58.1 Å². The number of amides is 2. The van der Waals surface area contributed by atoms with Crippen LogP contribution in [0, 0.1) is 0 Å². The van der Waals surface area contributed by atoms with Crippen LogP contribution in [0.5, 0.6) is 5.75 Å². The highest BCUT2D eigenvalue weighted by molar-refractivity contribution is 9.10. The highest BCUT2D eigenvalue weighted by Gasteiger charge is 2.14. The first-order chi connectivity index (χ1) is 14.5. The molecule has 0 heterocycles. The number of carbonyl (C=O) groups is 2. The van der Waals surface area contributed by atoms with Crippen LogP contribution in [0.2, 0.25) is 0 Å². The minimum absolute atomic E-state index is 0.185. The molecule has 0 aliphatic heterocycles. The lowest BCUT2D eigenvalue weighted by atomic mass is 10.1. The van der Waals surface area contributed by atoms with Crippen molar-refractivity contribution in [2.45, 2.75) is 32.6 Å². The molecule has 2 N–H and O–H groups in total. The molecule has 0 saturated heterocycles. The first-order valence-electron chi connectivity index (χ1n) is 10.2. The van der Waals surface area contributed by atoms with Crippen molar-refractivity contribution in [1.82, 2.24) is 5.32 Å². The summed E-state index contributed by atoms with van der Waals surface area (Å²) in [5.74, 6) is 0.106. The van der Waals surface area contributed by atoms with Gasteiger partial charge in [0.25, 0.3) is 11.8 Å². The summed E-state index contributed by atoms with van der Waals surface area (Å²) in [7, 11) is 1.58. The second-order valence-electron chi connectivity index (χ2n) is 6.83. The Morgan fingerprint density at radius 3 is 2.43 bits per heavy atom. The van der Waals surface area contributed by atoms with Crippen LogP contribution in [-0.4, -0.2) is 38.7 Å². The Kier molecular flexibility index (Phi) is 10.4. The van der Waals surface area contributed by atoms with E-state index in [-0.39, 0.29) is 11.8 Å². The average Bonchev–Trinajstić information content (AvgIpc) is 2.75. The fourth-order valence-electron chi connectivity index (χ4n) is 2.79. The van der Waals surface area contributed by atoms with Gasteiger partial charge in [0.1, 0.15) is 5.75 Å². The predicted molar refractivity (Wildman–Crippen MR) is 122 cm³/mol. The van der Waals surface area contributed by atoms with E-state index in [0.29, 0.717) is 42.3 Å². The first-order valence-corrected chi connectivity index (χ1v) is 11.0. The minimum Gasteiger partial charge on any atom is -0.493 e. The Labute approximate surface area is 186 Å². The predicted octanol–water partition coefficient (Wildman–Crippen LogP) is 5.04. The van der Waals surface area contributed by atoms with Gasteiger partial charge in [-0.05, 0) is 48.9 Å². The van der Waals surface area contributed by atoms with E-state index in [1.165, 1.54) is 12.8 Å². The summed E-state index contributed by atoms with van der Waals surface area (Å²) in [5.41, 5.74) is 1.58. The number of halogens is 1. The Morgan fingerprint density at radius 2 is 1.73 bits per heavy atom. The highest BCUT2D eigenvalue weighted by atomic mass is 79.9. The van der Waals surface area contributed by atoms with Crippen molar-refractivity contribution in [2.75, 3.05) is 32.2 Å². The number of hydrogen-bond acceptors (Lipinski definition) is 4. The molecule has 0 aliphatic carbocycles. The molecule has 0 atom stereocenters. The van der Waals surface area contributed by atoms with Gasteiger partial charge >= 0.3 is 0 Å². The molecule has 7 heteroatoms. The number of methoxy groups -OCH3 is 1. The molecule has 2 aromatic carbocycles. The van der Waals surface area contributed by atoms with Gasteiger partial charge in [0, 0.05) is 29.4 Å². The molecule has 0 unspecified atom stereocenters. The Morgan fingerprint density at radius 1 is 0.967 bits per heavy atom. The van der Waals surface area contributed by atoms with E-state index in [1.807, 2.05) is 6.07 Å². The smallest absolute Gasteiger partial charge is 0.259 e. The third-order valence-electron chi connectivity index (χ3n) is 4.44. The number of hydrogen-bond donors (Lipinski definition) is 2. The number of nitrogens with one attached hydrogen (secondary N) is 2. The summed E-state index contributed by atoms with van der Waals surface area (Å²) in [5, 5.41) is 5.62. The maximum Gasteiger partial charge on any atom is 0.259 e. The highest BCUT2D eigenvalue weighted by Crippen LogP contribution is 2.25. The van der Waals surface area contributed by atoms with Crippen LogP contribution >= 0.6 is 15.9 Å². The quantitative estimate of drug-likeness (QED) is 0.420. The van der Waals surface area contributed by atoms with E-state index >= 15 is 0 Å². The lowest BCUT2D eigenvalue weighted by Crippen LogP contribution is -2.26. The van der Waals surface area contributed by atoms with Gasteiger partial charge in [-0.15, -0.1) is 0 Å². The topological polar surface area (TPSA) is 76.7 Å². The standard InChI is InChI=1S/C23H29BrN2O4/c1-3-4-5-6-14-30-21-12-9-18(24)16-20(21)23(28)26-19-10-7-17(8-11-19)22(27)25-13-15-29-2/h7-12,16H,3-6,13-15H2,1-2H3,(H,25,27)(H,26,28). The monoisotopic (exact) mass is 476 g/mol. The lowest BCUT2D eigenvalue weighted by Gasteiger charge is -2.13. The third-order valence-corrected chi connectivity index (χ3v) is 4.93. The van der Waals surface area contributed by atoms with Crippen LogP contribution in [0.25, 0.3) is 0 Å². The molecular weight excluding hydrogens is 448 g/mol. The molecule has 0 aliphatic rings. The maximum absolute atomic E-state index is 12.8. The van der Waals surface area contributed by atoms with Crippen molar-refractivity contribution >= 4 is 33.4 Å². The van der Waals surface area contributed by atoms with E-state index in [9.17, 15) is 9.59 Å². The summed E-state index contributed by atoms with van der Waals surface area (Å²) >= 11 is 3.41. The summed E-state index contributed by atoms with van der Waals surface area (Å²) in [6.45, 7) is 3.64. The van der Waals surface area contributed by atoms with Gasteiger partial charge in [0.2, 0.25) is 0 Å². The van der Waals surface area contributed by atoms with Crippen molar-refractivity contribution in [3.8, 4) is 5.75 Å². The average molecular weight is 477 g/mol. The normalized spacial score (nSPS) is 10.5. The molecule has 0 aromatic heterocycles. The summed E-state index contributed by atoms with van der Waals surface area (Å²) in [6, 6.07) is 12.1. The number of carbonyl (C=O) groups excluding carboxylic acids is 2. The van der Waals surface area contributed by atoms with E-state index in [4.69, 9.17) is 9.47 Å². The molecule has 0 fully saturated rings. The fraction of sp³-hybridized carbons (Fsp3) is 0.391. The van der Waals surface area contributed by atoms with Crippen LogP contribution in [0.3, 0.4) is 0 Å². The molecule has 30 heavy (non-hydrogen) atoms. The maximum atomic E-state index is 12.8. The van der Waals surface area contributed by atoms with Gasteiger partial charge in [-0.3, -0.25) is 9.59 Å². The van der Waals surface area contributed by atoms with Crippen molar-refractivity contribution in [2.24, 2.45) is 0 Å². The summed E-state index contributed by atoms with van der Waals surface area (Å²) in [4.78, 5) is 24.9. The molecule has 0 spiro atoms. The number of anilines is 1. The summed E-state index contributed by atoms with van der Waals surface area (Å²) < 4.78 is 11.6. The van der Waals surface area contributed by atoms with Crippen LogP contribution in [0.15, 0.2) is 46.9 Å². The Bertz CT molecular complexity index is 824. The van der Waals surface area contributed by atoms with Crippen molar-refractivity contribution in [3.63, 3.8) is 0 Å². The van der Waals surface area contributed by atoms with Crippen molar-refractivity contribution < 1.29 is 19.1 Å². The van der Waals surface area contributed by atoms with Gasteiger partial charge < -0.3 is 20.1 Å². The van der Waals surface area contributed by atoms with Gasteiger partial charge in [-0.25, -0.2) is 0 Å². The molecule has 2 aromatic rings. The van der Waals surface area contributed by atoms with Crippen LogP contribution in [0.4, 0.5) is 5.69 Å². The molecular formula is C23H29BrN2O4. The number of benzene rings is 2. The summed E-state index contributed by atoms with van der Waals surface area (Å²) in [6.07, 6.45) is 4.41. The minimum atomic E-state index is -0.267. The second kappa shape index (κ2) is 13.0. The van der Waals surface area contributed by atoms with Crippen LogP contribution in [-0.2, 0) is 4.74 Å². The van der Waals surface area contributed by atoms with Crippen LogP contribution in [0.1, 0.15) is 53.3 Å². The molecule has 2 amide bonds. The fourth-order valence-corrected chi connectivity index (χ4v) is 3.15.